The first kappa shape index (κ1) is 20.3. The van der Waals surface area contributed by atoms with Crippen LogP contribution in [0.4, 0.5) is 11.4 Å². The minimum Gasteiger partial charge on any atom is -0.399 e. The van der Waals surface area contributed by atoms with Crippen molar-refractivity contribution in [2.75, 3.05) is 43.9 Å². The Kier molecular flexibility index (Phi) is 10.1. The van der Waals surface area contributed by atoms with Crippen molar-refractivity contribution in [3.63, 3.8) is 0 Å². The van der Waals surface area contributed by atoms with E-state index in [1.165, 1.54) is 0 Å². The quantitative estimate of drug-likeness (QED) is 0.801. The molecule has 18 heavy (non-hydrogen) atoms. The number of nitrogens with two attached hydrogens (primary N) is 1. The van der Waals surface area contributed by atoms with Crippen molar-refractivity contribution in [3.8, 4) is 0 Å². The van der Waals surface area contributed by atoms with E-state index in [9.17, 15) is 0 Å². The Hall–Kier alpha value is -0.0600. The third-order valence-electron chi connectivity index (χ3n) is 2.82. The van der Waals surface area contributed by atoms with Gasteiger partial charge in [0.2, 0.25) is 0 Å². The first-order chi connectivity index (χ1) is 7.16. The number of nitrogens with zero attached hydrogens (tertiary/aromatic N) is 2. The predicted molar refractivity (Wildman–Crippen MR) is 87.3 cm³/mol. The number of halogens is 4. The van der Waals surface area contributed by atoms with Gasteiger partial charge in [0.15, 0.2) is 0 Å². The first-order valence-electron chi connectivity index (χ1n) is 5.15. The van der Waals surface area contributed by atoms with Gasteiger partial charge in [-0.05, 0) is 25.2 Å². The normalized spacial score (nSPS) is 15.1. The molecule has 0 radical (unpaired) electrons. The lowest BCUT2D eigenvalue weighted by Gasteiger charge is -2.34. The maximum atomic E-state index is 6.16. The summed E-state index contributed by atoms with van der Waals surface area (Å²) in [6, 6.07) is 5.72. The largest absolute Gasteiger partial charge is 0.399 e. The van der Waals surface area contributed by atoms with Crippen molar-refractivity contribution in [3.05, 3.63) is 23.2 Å². The molecule has 0 aliphatic carbocycles. The maximum Gasteiger partial charge on any atom is 0.0660 e. The van der Waals surface area contributed by atoms with E-state index in [2.05, 4.69) is 16.8 Å². The minimum atomic E-state index is 0. The Morgan fingerprint density at radius 3 is 2.11 bits per heavy atom. The third kappa shape index (κ3) is 4.90. The van der Waals surface area contributed by atoms with Crippen LogP contribution in [0.1, 0.15) is 0 Å². The summed E-state index contributed by atoms with van der Waals surface area (Å²) < 4.78 is 0. The van der Waals surface area contributed by atoms with Crippen LogP contribution in [0, 0.1) is 0 Å². The van der Waals surface area contributed by atoms with Crippen molar-refractivity contribution in [1.82, 2.24) is 4.90 Å². The maximum absolute atomic E-state index is 6.16. The average molecular weight is 335 g/mol. The molecule has 0 aromatic heterocycles. The zero-order chi connectivity index (χ0) is 10.8. The third-order valence-corrected chi connectivity index (χ3v) is 3.12. The zero-order valence-electron chi connectivity index (χ0n) is 10.1. The summed E-state index contributed by atoms with van der Waals surface area (Å²) in [5, 5.41) is 0.750. The van der Waals surface area contributed by atoms with Crippen LogP contribution in [0.2, 0.25) is 5.02 Å². The van der Waals surface area contributed by atoms with E-state index in [0.29, 0.717) is 0 Å². The standard InChI is InChI=1S/C11H16ClN3.3ClH/c1-14-4-6-15(7-5-14)11-3-2-9(13)8-10(11)12;;;/h2-3,8H,4-7,13H2,1H3;3*1H. The van der Waals surface area contributed by atoms with Crippen LogP contribution in [0.5, 0.6) is 0 Å². The fourth-order valence-electron chi connectivity index (χ4n) is 1.83. The second kappa shape index (κ2) is 8.94. The van der Waals surface area contributed by atoms with Gasteiger partial charge in [-0.1, -0.05) is 11.6 Å². The van der Waals surface area contributed by atoms with Crippen LogP contribution < -0.4 is 10.6 Å². The van der Waals surface area contributed by atoms with Crippen LogP contribution in [-0.2, 0) is 0 Å². The summed E-state index contributed by atoms with van der Waals surface area (Å²) in [7, 11) is 2.14. The minimum absolute atomic E-state index is 0. The Labute approximate surface area is 132 Å². The van der Waals surface area contributed by atoms with Gasteiger partial charge < -0.3 is 15.5 Å². The van der Waals surface area contributed by atoms with Crippen molar-refractivity contribution >= 4 is 60.2 Å². The van der Waals surface area contributed by atoms with Crippen molar-refractivity contribution < 1.29 is 0 Å². The van der Waals surface area contributed by atoms with Crippen LogP contribution in [0.3, 0.4) is 0 Å². The number of likely N-dealkylation sites (N-methyl/N-ethyl adjacent to an activating group) is 1. The van der Waals surface area contributed by atoms with E-state index in [1.807, 2.05) is 18.2 Å². The summed E-state index contributed by atoms with van der Waals surface area (Å²) in [5.74, 6) is 0. The van der Waals surface area contributed by atoms with Gasteiger partial charge in [0, 0.05) is 31.9 Å². The second-order valence-corrected chi connectivity index (χ2v) is 4.41. The fraction of sp³-hybridized carbons (Fsp3) is 0.455. The summed E-state index contributed by atoms with van der Waals surface area (Å²) in [6.45, 7) is 4.22. The lowest BCUT2D eigenvalue weighted by Crippen LogP contribution is -2.44. The van der Waals surface area contributed by atoms with Crippen LogP contribution in [0.25, 0.3) is 0 Å². The number of benzene rings is 1. The van der Waals surface area contributed by atoms with Crippen LogP contribution in [-0.4, -0.2) is 38.1 Å². The Bertz CT molecular complexity index is 354. The van der Waals surface area contributed by atoms with Gasteiger partial charge in [-0.25, -0.2) is 0 Å². The predicted octanol–water partition coefficient (Wildman–Crippen LogP) is 2.94. The first-order valence-corrected chi connectivity index (χ1v) is 5.53. The number of rotatable bonds is 1. The zero-order valence-corrected chi connectivity index (χ0v) is 13.3. The molecule has 1 aliphatic rings. The molecular formula is C11H19Cl4N3. The van der Waals surface area contributed by atoms with Gasteiger partial charge in [0.05, 0.1) is 10.7 Å². The van der Waals surface area contributed by atoms with Crippen LogP contribution >= 0.6 is 48.8 Å². The van der Waals surface area contributed by atoms with E-state index in [0.717, 1.165) is 42.6 Å². The van der Waals surface area contributed by atoms with Gasteiger partial charge in [0.25, 0.3) is 0 Å². The molecule has 0 saturated carbocycles. The molecule has 106 valence electrons. The SMILES string of the molecule is CN1CCN(c2ccc(N)cc2Cl)CC1.Cl.Cl.Cl. The number of hydrogen-bond donors (Lipinski definition) is 1. The Morgan fingerprint density at radius 2 is 1.61 bits per heavy atom. The number of anilines is 2. The van der Waals surface area contributed by atoms with E-state index >= 15 is 0 Å². The number of hydrogen-bond acceptors (Lipinski definition) is 3. The highest BCUT2D eigenvalue weighted by Crippen LogP contribution is 2.28. The second-order valence-electron chi connectivity index (χ2n) is 4.00. The summed E-state index contributed by atoms with van der Waals surface area (Å²) in [5.41, 5.74) is 7.48. The molecule has 0 amide bonds. The molecule has 1 aromatic carbocycles. The molecule has 2 N–H and O–H groups in total. The highest BCUT2D eigenvalue weighted by molar-refractivity contribution is 6.33. The fourth-order valence-corrected chi connectivity index (χ4v) is 2.14. The Balaban J connectivity index is 0. The molecule has 2 rings (SSSR count). The van der Waals surface area contributed by atoms with Crippen molar-refractivity contribution in [1.29, 1.82) is 0 Å². The van der Waals surface area contributed by atoms with Gasteiger partial charge >= 0.3 is 0 Å². The van der Waals surface area contributed by atoms with Crippen molar-refractivity contribution in [2.45, 2.75) is 0 Å². The van der Waals surface area contributed by atoms with Gasteiger partial charge in [-0.3, -0.25) is 0 Å². The molecule has 1 aromatic rings. The van der Waals surface area contributed by atoms with Crippen LogP contribution in [0.15, 0.2) is 18.2 Å². The summed E-state index contributed by atoms with van der Waals surface area (Å²) in [6.07, 6.45) is 0. The lowest BCUT2D eigenvalue weighted by atomic mass is 10.2. The van der Waals surface area contributed by atoms with E-state index in [-0.39, 0.29) is 37.2 Å². The van der Waals surface area contributed by atoms with E-state index in [4.69, 9.17) is 17.3 Å². The molecule has 1 aliphatic heterocycles. The van der Waals surface area contributed by atoms with E-state index < -0.39 is 0 Å². The van der Waals surface area contributed by atoms with Gasteiger partial charge in [0.1, 0.15) is 0 Å². The lowest BCUT2D eigenvalue weighted by molar-refractivity contribution is 0.313. The van der Waals surface area contributed by atoms with Gasteiger partial charge in [-0.2, -0.15) is 0 Å². The number of piperazine rings is 1. The molecule has 1 saturated heterocycles. The summed E-state index contributed by atoms with van der Waals surface area (Å²) >= 11 is 6.16. The molecule has 1 heterocycles. The van der Waals surface area contributed by atoms with Crippen molar-refractivity contribution in [2.24, 2.45) is 0 Å². The molecule has 0 unspecified atom stereocenters. The molecule has 3 nitrogen and oxygen atoms in total. The smallest absolute Gasteiger partial charge is 0.0660 e. The van der Waals surface area contributed by atoms with E-state index in [1.54, 1.807) is 0 Å². The summed E-state index contributed by atoms with van der Waals surface area (Å²) in [4.78, 5) is 4.63. The monoisotopic (exact) mass is 333 g/mol. The molecule has 0 spiro atoms. The molecule has 0 atom stereocenters. The molecular weight excluding hydrogens is 316 g/mol. The average Bonchev–Trinajstić information content (AvgIpc) is 2.20. The molecule has 1 fully saturated rings. The van der Waals surface area contributed by atoms with Gasteiger partial charge in [-0.15, -0.1) is 37.2 Å². The molecule has 0 bridgehead atoms. The molecule has 7 heteroatoms. The number of nitrogen functional groups attached to an aromatic ring is 1. The Morgan fingerprint density at radius 1 is 1.06 bits per heavy atom. The highest BCUT2D eigenvalue weighted by Gasteiger charge is 2.16. The topological polar surface area (TPSA) is 32.5 Å². The highest BCUT2D eigenvalue weighted by atomic mass is 35.5.